The van der Waals surface area contributed by atoms with Crippen LogP contribution in [0.25, 0.3) is 11.3 Å². The number of likely N-dealkylation sites (N-methyl/N-ethyl adjacent to an activating group) is 1. The summed E-state index contributed by atoms with van der Waals surface area (Å²) in [6, 6.07) is 19.2. The van der Waals surface area contributed by atoms with Gasteiger partial charge < -0.3 is 20.5 Å². The molecule has 5 rings (SSSR count). The van der Waals surface area contributed by atoms with Crippen LogP contribution >= 0.6 is 0 Å². The predicted molar refractivity (Wildman–Crippen MR) is 143 cm³/mol. The van der Waals surface area contributed by atoms with E-state index < -0.39 is 5.92 Å². The number of nitrogens with zero attached hydrogens (tertiary/aromatic N) is 2. The fraction of sp³-hybridized carbons (Fsp3) is 0.207. The number of amides is 2. The molecule has 188 valence electrons. The third-order valence-electron chi connectivity index (χ3n) is 6.74. The van der Waals surface area contributed by atoms with Crippen LogP contribution in [-0.4, -0.2) is 40.3 Å². The van der Waals surface area contributed by atoms with Gasteiger partial charge in [0.15, 0.2) is 0 Å². The summed E-state index contributed by atoms with van der Waals surface area (Å²) in [5.41, 5.74) is 5.26. The lowest BCUT2D eigenvalue weighted by atomic mass is 9.96. The summed E-state index contributed by atoms with van der Waals surface area (Å²) in [7, 11) is 1.81. The molecule has 0 bridgehead atoms. The normalized spacial score (nSPS) is 15.7. The lowest BCUT2D eigenvalue weighted by Gasteiger charge is -2.28. The highest BCUT2D eigenvalue weighted by atomic mass is 19.1. The zero-order chi connectivity index (χ0) is 26.1. The van der Waals surface area contributed by atoms with Gasteiger partial charge in [0.25, 0.3) is 5.91 Å². The number of fused-ring (bicyclic) bond motifs is 1. The minimum Gasteiger partial charge on any atom is -0.356 e. The van der Waals surface area contributed by atoms with Gasteiger partial charge >= 0.3 is 0 Å². The molecule has 0 aliphatic carbocycles. The molecule has 2 aromatic carbocycles. The van der Waals surface area contributed by atoms with Gasteiger partial charge in [-0.25, -0.2) is 9.37 Å². The highest BCUT2D eigenvalue weighted by Gasteiger charge is 2.33. The van der Waals surface area contributed by atoms with E-state index in [4.69, 9.17) is 0 Å². The molecule has 8 heteroatoms. The number of hydrogen-bond acceptors (Lipinski definition) is 4. The number of rotatable bonds is 6. The van der Waals surface area contributed by atoms with Gasteiger partial charge in [-0.2, -0.15) is 0 Å². The lowest BCUT2D eigenvalue weighted by molar-refractivity contribution is -0.117. The van der Waals surface area contributed by atoms with E-state index in [1.165, 1.54) is 12.1 Å². The van der Waals surface area contributed by atoms with Crippen molar-refractivity contribution in [2.75, 3.05) is 24.2 Å². The minimum atomic E-state index is -0.492. The molecule has 7 nitrogen and oxygen atoms in total. The fourth-order valence-corrected chi connectivity index (χ4v) is 4.69. The van der Waals surface area contributed by atoms with E-state index in [0.717, 1.165) is 22.6 Å². The third kappa shape index (κ3) is 4.82. The predicted octanol–water partition coefficient (Wildman–Crippen LogP) is 5.89. The van der Waals surface area contributed by atoms with E-state index in [9.17, 15) is 14.0 Å². The van der Waals surface area contributed by atoms with Crippen molar-refractivity contribution in [1.82, 2.24) is 14.9 Å². The Kier molecular flexibility index (Phi) is 6.48. The van der Waals surface area contributed by atoms with Crippen LogP contribution in [0.1, 0.15) is 47.3 Å². The first-order valence-electron chi connectivity index (χ1n) is 12.2. The molecule has 0 radical (unpaired) electrons. The van der Waals surface area contributed by atoms with Gasteiger partial charge in [0.2, 0.25) is 5.91 Å². The molecule has 2 aromatic heterocycles. The van der Waals surface area contributed by atoms with Crippen LogP contribution in [0.4, 0.5) is 21.6 Å². The maximum absolute atomic E-state index is 13.3. The standard InChI is InChI=1S/C29H28FN5O2/c1-17-16-35(3)29(37)24-25(17)34-26(27(24)32-22-7-5-4-6-8-22)20-13-14-31-23(15-20)33-28(36)18(2)19-9-11-21(30)12-10-19/h4-15,17-18,32,34H,16H2,1-3H3,(H,31,33,36). The summed E-state index contributed by atoms with van der Waals surface area (Å²) >= 11 is 0. The van der Waals surface area contributed by atoms with Gasteiger partial charge in [-0.15, -0.1) is 0 Å². The smallest absolute Gasteiger partial charge is 0.257 e. The van der Waals surface area contributed by atoms with Gasteiger partial charge in [-0.3, -0.25) is 9.59 Å². The molecule has 4 aromatic rings. The van der Waals surface area contributed by atoms with Crippen molar-refractivity contribution in [2.45, 2.75) is 25.7 Å². The maximum Gasteiger partial charge on any atom is 0.257 e. The van der Waals surface area contributed by atoms with Crippen LogP contribution in [0, 0.1) is 5.82 Å². The molecule has 0 saturated heterocycles. The Balaban J connectivity index is 1.50. The van der Waals surface area contributed by atoms with Crippen LogP contribution in [0.5, 0.6) is 0 Å². The summed E-state index contributed by atoms with van der Waals surface area (Å²) in [4.78, 5) is 35.7. The second kappa shape index (κ2) is 9.89. The van der Waals surface area contributed by atoms with E-state index in [-0.39, 0.29) is 23.5 Å². The fourth-order valence-electron chi connectivity index (χ4n) is 4.69. The second-order valence-electron chi connectivity index (χ2n) is 9.43. The van der Waals surface area contributed by atoms with Crippen molar-refractivity contribution in [2.24, 2.45) is 0 Å². The van der Waals surface area contributed by atoms with Crippen LogP contribution in [0.15, 0.2) is 72.9 Å². The number of anilines is 3. The second-order valence-corrected chi connectivity index (χ2v) is 9.43. The number of pyridine rings is 1. The monoisotopic (exact) mass is 497 g/mol. The average Bonchev–Trinajstić information content (AvgIpc) is 3.28. The Morgan fingerprint density at radius 1 is 1.14 bits per heavy atom. The van der Waals surface area contributed by atoms with Crippen LogP contribution in [-0.2, 0) is 4.79 Å². The first-order chi connectivity index (χ1) is 17.8. The Morgan fingerprint density at radius 3 is 2.59 bits per heavy atom. The molecule has 37 heavy (non-hydrogen) atoms. The molecular formula is C29H28FN5O2. The summed E-state index contributed by atoms with van der Waals surface area (Å²) < 4.78 is 13.3. The molecule has 3 heterocycles. The first-order valence-corrected chi connectivity index (χ1v) is 12.2. The number of nitrogens with one attached hydrogen (secondary N) is 3. The topological polar surface area (TPSA) is 90.1 Å². The van der Waals surface area contributed by atoms with Gasteiger partial charge in [0, 0.05) is 42.7 Å². The number of benzene rings is 2. The molecule has 3 N–H and O–H groups in total. The molecule has 1 aliphatic heterocycles. The van der Waals surface area contributed by atoms with Gasteiger partial charge in [-0.1, -0.05) is 37.3 Å². The SMILES string of the molecule is CC1CN(C)C(=O)c2c1[nH]c(-c1ccnc(NC(=O)C(C)c3ccc(F)cc3)c1)c2Nc1ccccc1. The van der Waals surface area contributed by atoms with Crippen LogP contribution in [0.2, 0.25) is 0 Å². The van der Waals surface area contributed by atoms with Crippen molar-refractivity contribution in [3.63, 3.8) is 0 Å². The number of para-hydroxylation sites is 1. The molecule has 1 aliphatic rings. The Labute approximate surface area is 214 Å². The molecule has 0 spiro atoms. The van der Waals surface area contributed by atoms with E-state index in [0.29, 0.717) is 29.2 Å². The zero-order valence-corrected chi connectivity index (χ0v) is 20.9. The average molecular weight is 498 g/mol. The number of carbonyl (C=O) groups is 2. The molecule has 0 fully saturated rings. The van der Waals surface area contributed by atoms with Crippen molar-refractivity contribution in [1.29, 1.82) is 0 Å². The zero-order valence-electron chi connectivity index (χ0n) is 20.9. The van der Waals surface area contributed by atoms with Crippen molar-refractivity contribution < 1.29 is 14.0 Å². The van der Waals surface area contributed by atoms with E-state index in [1.807, 2.05) is 43.4 Å². The number of halogens is 1. The Hall–Kier alpha value is -4.46. The first kappa shape index (κ1) is 24.2. The van der Waals surface area contributed by atoms with Crippen molar-refractivity contribution in [3.8, 4) is 11.3 Å². The summed E-state index contributed by atoms with van der Waals surface area (Å²) in [6.45, 7) is 4.47. The number of H-pyrrole nitrogens is 1. The molecular weight excluding hydrogens is 469 g/mol. The van der Waals surface area contributed by atoms with Crippen molar-refractivity contribution >= 4 is 29.0 Å². The Bertz CT molecular complexity index is 1450. The molecule has 2 unspecified atom stereocenters. The van der Waals surface area contributed by atoms with E-state index >= 15 is 0 Å². The summed E-state index contributed by atoms with van der Waals surface area (Å²) in [5, 5.41) is 6.31. The molecule has 2 atom stereocenters. The molecule has 0 saturated carbocycles. The van der Waals surface area contributed by atoms with E-state index in [1.54, 1.807) is 36.2 Å². The van der Waals surface area contributed by atoms with Gasteiger partial charge in [0.05, 0.1) is 22.9 Å². The summed E-state index contributed by atoms with van der Waals surface area (Å²) in [6.07, 6.45) is 1.62. The minimum absolute atomic E-state index is 0.0512. The quantitative estimate of drug-likeness (QED) is 0.310. The Morgan fingerprint density at radius 2 is 1.86 bits per heavy atom. The third-order valence-corrected chi connectivity index (χ3v) is 6.74. The highest BCUT2D eigenvalue weighted by molar-refractivity contribution is 6.06. The van der Waals surface area contributed by atoms with Gasteiger partial charge in [0.1, 0.15) is 11.6 Å². The van der Waals surface area contributed by atoms with Crippen LogP contribution < -0.4 is 10.6 Å². The van der Waals surface area contributed by atoms with Crippen LogP contribution in [0.3, 0.4) is 0 Å². The number of aromatic amines is 1. The van der Waals surface area contributed by atoms with Gasteiger partial charge in [-0.05, 0) is 48.9 Å². The highest BCUT2D eigenvalue weighted by Crippen LogP contribution is 2.41. The number of carbonyl (C=O) groups excluding carboxylic acids is 2. The lowest BCUT2D eigenvalue weighted by Crippen LogP contribution is -2.36. The summed E-state index contributed by atoms with van der Waals surface area (Å²) in [5.74, 6) is -0.641. The van der Waals surface area contributed by atoms with Crippen molar-refractivity contribution in [3.05, 3.63) is 95.6 Å². The van der Waals surface area contributed by atoms with E-state index in [2.05, 4.69) is 27.5 Å². The maximum atomic E-state index is 13.3. The number of aromatic nitrogens is 2. The number of hydrogen-bond donors (Lipinski definition) is 3. The molecule has 2 amide bonds. The largest absolute Gasteiger partial charge is 0.356 e.